The normalized spacial score (nSPS) is 14.6. The van der Waals surface area contributed by atoms with Crippen molar-refractivity contribution >= 4 is 66.4 Å². The van der Waals surface area contributed by atoms with Crippen LogP contribution in [0.1, 0.15) is 31.4 Å². The second-order valence-corrected chi connectivity index (χ2v) is 13.2. The molecule has 0 atom stereocenters. The largest absolute Gasteiger partial charge is 0.379 e. The number of aryl methyl sites for hydroxylation is 1. The van der Waals surface area contributed by atoms with Crippen LogP contribution in [0.25, 0.3) is 10.2 Å². The van der Waals surface area contributed by atoms with Crippen LogP contribution in [0.5, 0.6) is 0 Å². The fourth-order valence-corrected chi connectivity index (χ4v) is 6.57. The van der Waals surface area contributed by atoms with E-state index in [9.17, 15) is 13.2 Å². The third-order valence-electron chi connectivity index (χ3n) is 6.41. The van der Waals surface area contributed by atoms with E-state index in [1.165, 1.54) is 11.3 Å². The van der Waals surface area contributed by atoms with Crippen molar-refractivity contribution in [1.29, 1.82) is 0 Å². The lowest BCUT2D eigenvalue weighted by atomic mass is 10.1. The monoisotopic (exact) mass is 585 g/mol. The molecular weight excluding hydrogens is 553 g/mol. The number of halogens is 2. The van der Waals surface area contributed by atoms with E-state index in [-0.39, 0.29) is 29.6 Å². The summed E-state index contributed by atoms with van der Waals surface area (Å²) in [5.74, 6) is -0.0794. The highest BCUT2D eigenvalue weighted by Crippen LogP contribution is 2.36. The molecule has 1 amide bonds. The number of carbonyl (C=O) groups excluding carboxylic acids is 1. The van der Waals surface area contributed by atoms with Gasteiger partial charge in [0.25, 0.3) is 0 Å². The van der Waals surface area contributed by atoms with Crippen LogP contribution in [0.2, 0.25) is 5.02 Å². The van der Waals surface area contributed by atoms with Crippen LogP contribution >= 0.6 is 35.3 Å². The average Bonchev–Trinajstić information content (AvgIpc) is 3.31. The predicted octanol–water partition coefficient (Wildman–Crippen LogP) is 5.16. The van der Waals surface area contributed by atoms with E-state index in [0.717, 1.165) is 60.6 Å². The second kappa shape index (κ2) is 12.9. The highest BCUT2D eigenvalue weighted by Gasteiger charge is 2.23. The van der Waals surface area contributed by atoms with E-state index >= 15 is 0 Å². The summed E-state index contributed by atoms with van der Waals surface area (Å²) < 4.78 is 31.2. The number of benzene rings is 2. The van der Waals surface area contributed by atoms with Gasteiger partial charge in [-0.1, -0.05) is 41.1 Å². The number of ether oxygens (including phenoxy) is 1. The minimum Gasteiger partial charge on any atom is -0.379 e. The van der Waals surface area contributed by atoms with Crippen molar-refractivity contribution in [2.45, 2.75) is 43.8 Å². The third-order valence-corrected chi connectivity index (χ3v) is 10.1. The number of carbonyl (C=O) groups is 1. The molecule has 0 unspecified atom stereocenters. The number of anilines is 1. The third kappa shape index (κ3) is 7.02. The molecule has 0 aliphatic carbocycles. The summed E-state index contributed by atoms with van der Waals surface area (Å²) in [7, 11) is -3.36. The molecule has 1 saturated heterocycles. The molecule has 0 spiro atoms. The average molecular weight is 587 g/mol. The summed E-state index contributed by atoms with van der Waals surface area (Å²) in [5, 5.41) is 0.760. The first kappa shape index (κ1) is 29.8. The molecule has 1 aliphatic rings. The molecule has 202 valence electrons. The number of rotatable bonds is 9. The van der Waals surface area contributed by atoms with Crippen LogP contribution in [0.3, 0.4) is 0 Å². The highest BCUT2D eigenvalue weighted by atomic mass is 35.5. The van der Waals surface area contributed by atoms with Crippen LogP contribution in [-0.2, 0) is 25.8 Å². The van der Waals surface area contributed by atoms with Gasteiger partial charge in [0.2, 0.25) is 5.91 Å². The number of aromatic nitrogens is 1. The van der Waals surface area contributed by atoms with Crippen molar-refractivity contribution in [3.8, 4) is 0 Å². The van der Waals surface area contributed by atoms with Crippen molar-refractivity contribution in [2.24, 2.45) is 0 Å². The molecule has 4 rings (SSSR count). The standard InChI is InChI=1S/C26H32ClN3O4S2.ClH/c1-18(2)36(32,33)21-8-6-20(7-9-21)17-23(31)30(12-4-11-29-13-15-34-16-14-29)26-28-24-19(3)5-10-22(27)25(24)35-26;/h5-10,18H,4,11-17H2,1-3H3;1H. The highest BCUT2D eigenvalue weighted by molar-refractivity contribution is 7.92. The van der Waals surface area contributed by atoms with E-state index in [2.05, 4.69) is 4.90 Å². The Bertz CT molecular complexity index is 1280. The Labute approximate surface area is 234 Å². The smallest absolute Gasteiger partial charge is 0.233 e. The summed E-state index contributed by atoms with van der Waals surface area (Å²) in [5.41, 5.74) is 2.59. The molecule has 1 fully saturated rings. The molecule has 3 aromatic rings. The van der Waals surface area contributed by atoms with Gasteiger partial charge in [0.05, 0.1) is 45.0 Å². The van der Waals surface area contributed by atoms with Gasteiger partial charge in [0, 0.05) is 26.2 Å². The Hall–Kier alpha value is -1.75. The van der Waals surface area contributed by atoms with Gasteiger partial charge >= 0.3 is 0 Å². The molecule has 7 nitrogen and oxygen atoms in total. The summed E-state index contributed by atoms with van der Waals surface area (Å²) in [6.07, 6.45) is 0.960. The van der Waals surface area contributed by atoms with Crippen molar-refractivity contribution in [3.05, 3.63) is 52.5 Å². The Morgan fingerprint density at radius 3 is 2.46 bits per heavy atom. The lowest BCUT2D eigenvalue weighted by molar-refractivity contribution is -0.118. The Morgan fingerprint density at radius 1 is 1.16 bits per heavy atom. The zero-order valence-corrected chi connectivity index (χ0v) is 24.5. The van der Waals surface area contributed by atoms with Gasteiger partial charge in [-0.05, 0) is 56.5 Å². The van der Waals surface area contributed by atoms with Gasteiger partial charge in [-0.3, -0.25) is 14.6 Å². The van der Waals surface area contributed by atoms with Crippen molar-refractivity contribution in [2.75, 3.05) is 44.3 Å². The summed E-state index contributed by atoms with van der Waals surface area (Å²) in [6, 6.07) is 10.4. The minimum absolute atomic E-state index is 0. The Morgan fingerprint density at radius 2 is 1.84 bits per heavy atom. The maximum Gasteiger partial charge on any atom is 0.233 e. The summed E-state index contributed by atoms with van der Waals surface area (Å²) in [4.78, 5) is 22.7. The zero-order chi connectivity index (χ0) is 25.9. The van der Waals surface area contributed by atoms with Crippen molar-refractivity contribution in [3.63, 3.8) is 0 Å². The number of hydrogen-bond acceptors (Lipinski definition) is 7. The van der Waals surface area contributed by atoms with Crippen LogP contribution in [0.4, 0.5) is 5.13 Å². The van der Waals surface area contributed by atoms with E-state index in [1.54, 1.807) is 43.0 Å². The summed E-state index contributed by atoms with van der Waals surface area (Å²) in [6.45, 7) is 9.99. The number of amides is 1. The fourth-order valence-electron chi connectivity index (χ4n) is 4.15. The maximum atomic E-state index is 13.5. The van der Waals surface area contributed by atoms with Gasteiger partial charge in [0.1, 0.15) is 0 Å². The quantitative estimate of drug-likeness (QED) is 0.345. The van der Waals surface area contributed by atoms with Crippen LogP contribution in [0.15, 0.2) is 41.3 Å². The van der Waals surface area contributed by atoms with Crippen LogP contribution in [-0.4, -0.2) is 68.9 Å². The Kier molecular flexibility index (Phi) is 10.4. The fraction of sp³-hybridized carbons (Fsp3) is 0.462. The predicted molar refractivity (Wildman–Crippen MR) is 153 cm³/mol. The first-order valence-corrected chi connectivity index (χ1v) is 14.9. The number of thiazole rings is 1. The number of sulfone groups is 1. The molecule has 1 aliphatic heterocycles. The van der Waals surface area contributed by atoms with Crippen LogP contribution in [0, 0.1) is 6.92 Å². The van der Waals surface area contributed by atoms with E-state index in [4.69, 9.17) is 21.3 Å². The van der Waals surface area contributed by atoms with E-state index in [1.807, 2.05) is 19.1 Å². The lowest BCUT2D eigenvalue weighted by Crippen LogP contribution is -2.39. The molecule has 2 heterocycles. The molecule has 0 saturated carbocycles. The molecular formula is C26H33Cl2N3O4S2. The molecule has 0 bridgehead atoms. The minimum atomic E-state index is -3.36. The summed E-state index contributed by atoms with van der Waals surface area (Å²) >= 11 is 7.86. The molecule has 11 heteroatoms. The van der Waals surface area contributed by atoms with Gasteiger partial charge in [0.15, 0.2) is 15.0 Å². The number of nitrogens with zero attached hydrogens (tertiary/aromatic N) is 3. The van der Waals surface area contributed by atoms with Gasteiger partial charge in [-0.15, -0.1) is 12.4 Å². The van der Waals surface area contributed by atoms with E-state index < -0.39 is 15.1 Å². The van der Waals surface area contributed by atoms with Gasteiger partial charge in [-0.25, -0.2) is 13.4 Å². The number of hydrogen-bond donors (Lipinski definition) is 0. The molecule has 37 heavy (non-hydrogen) atoms. The first-order valence-electron chi connectivity index (χ1n) is 12.2. The Balaban J connectivity index is 0.00000380. The number of morpholine rings is 1. The molecule has 0 N–H and O–H groups in total. The second-order valence-electron chi connectivity index (χ2n) is 9.31. The van der Waals surface area contributed by atoms with Gasteiger partial charge < -0.3 is 4.74 Å². The molecule has 2 aromatic carbocycles. The first-order chi connectivity index (χ1) is 17.2. The van der Waals surface area contributed by atoms with Crippen molar-refractivity contribution < 1.29 is 17.9 Å². The van der Waals surface area contributed by atoms with E-state index in [0.29, 0.717) is 16.7 Å². The molecule has 1 aromatic heterocycles. The topological polar surface area (TPSA) is 79.8 Å². The van der Waals surface area contributed by atoms with Crippen LogP contribution < -0.4 is 4.90 Å². The van der Waals surface area contributed by atoms with Gasteiger partial charge in [-0.2, -0.15) is 0 Å². The van der Waals surface area contributed by atoms with Crippen molar-refractivity contribution in [1.82, 2.24) is 9.88 Å². The number of fused-ring (bicyclic) bond motifs is 1. The molecule has 0 radical (unpaired) electrons. The SMILES string of the molecule is Cc1ccc(Cl)c2sc(N(CCCN3CCOCC3)C(=O)Cc3ccc(S(=O)(=O)C(C)C)cc3)nc12.Cl. The zero-order valence-electron chi connectivity index (χ0n) is 21.3. The maximum absolute atomic E-state index is 13.5. The lowest BCUT2D eigenvalue weighted by Gasteiger charge is -2.27.